The van der Waals surface area contributed by atoms with Gasteiger partial charge in [0.1, 0.15) is 5.67 Å². The van der Waals surface area contributed by atoms with Crippen LogP contribution >= 0.6 is 0 Å². The molecular weight excluding hydrogens is 299 g/mol. The first kappa shape index (κ1) is 17.2. The molecule has 0 unspecified atom stereocenters. The molecule has 0 aromatic heterocycles. The second kappa shape index (κ2) is 7.48. The highest BCUT2D eigenvalue weighted by Gasteiger charge is 2.37. The summed E-state index contributed by atoms with van der Waals surface area (Å²) in [5.74, 6) is 0.0917. The predicted octanol–water partition coefficient (Wildman–Crippen LogP) is 5.19. The molecule has 0 radical (unpaired) electrons. The first-order chi connectivity index (χ1) is 11.6. The van der Waals surface area contributed by atoms with E-state index in [9.17, 15) is 5.11 Å². The lowest BCUT2D eigenvalue weighted by atomic mass is 9.75. The van der Waals surface area contributed by atoms with Crippen molar-refractivity contribution in [2.45, 2.75) is 51.1 Å². The number of aryl methyl sites for hydroxylation is 1. The molecule has 128 valence electrons. The third kappa shape index (κ3) is 3.87. The van der Waals surface area contributed by atoms with Crippen molar-refractivity contribution in [2.75, 3.05) is 6.61 Å². The minimum absolute atomic E-state index is 0.0917. The summed E-state index contributed by atoms with van der Waals surface area (Å²) in [6.45, 7) is 2.25. The van der Waals surface area contributed by atoms with Gasteiger partial charge in [-0.05, 0) is 66.7 Å². The average molecular weight is 326 g/mol. The lowest BCUT2D eigenvalue weighted by Crippen LogP contribution is -2.30. The Hall–Kier alpha value is -1.67. The van der Waals surface area contributed by atoms with Crippen molar-refractivity contribution >= 4 is 0 Å². The maximum Gasteiger partial charge on any atom is 0.136 e. The van der Waals surface area contributed by atoms with Gasteiger partial charge in [0.15, 0.2) is 0 Å². The summed E-state index contributed by atoms with van der Waals surface area (Å²) in [4.78, 5) is 0. The average Bonchev–Trinajstić information content (AvgIpc) is 2.62. The number of halogens is 1. The van der Waals surface area contributed by atoms with Crippen LogP contribution in [0.25, 0.3) is 0 Å². The van der Waals surface area contributed by atoms with Crippen LogP contribution in [0.15, 0.2) is 48.5 Å². The number of aliphatic hydroxyl groups is 1. The third-order valence-corrected chi connectivity index (χ3v) is 5.34. The van der Waals surface area contributed by atoms with E-state index < -0.39 is 5.67 Å². The zero-order valence-electron chi connectivity index (χ0n) is 14.5. The van der Waals surface area contributed by atoms with Gasteiger partial charge in [-0.25, -0.2) is 4.39 Å². The van der Waals surface area contributed by atoms with Crippen molar-refractivity contribution in [3.05, 3.63) is 70.8 Å². The Morgan fingerprint density at radius 2 is 1.83 bits per heavy atom. The van der Waals surface area contributed by atoms with E-state index in [1.54, 1.807) is 0 Å². The first-order valence-electron chi connectivity index (χ1n) is 9.10. The van der Waals surface area contributed by atoms with Gasteiger partial charge >= 0.3 is 0 Å². The lowest BCUT2D eigenvalue weighted by molar-refractivity contribution is 0.0490. The fourth-order valence-electron chi connectivity index (χ4n) is 3.84. The molecule has 0 spiro atoms. The smallest absolute Gasteiger partial charge is 0.136 e. The van der Waals surface area contributed by atoms with E-state index in [4.69, 9.17) is 0 Å². The van der Waals surface area contributed by atoms with Crippen LogP contribution in [0.1, 0.15) is 54.9 Å². The standard InChI is InChI=1S/C22H27FO/c1-2-17-8-10-18(11-9-17)13-19-5-3-7-21(14-19)22(23)12-4-6-20(15-22)16-24/h3,5,7-11,14,20,24H,2,4,6,12-13,15-16H2,1H3/t20-,22-/m1/s1. The Morgan fingerprint density at radius 1 is 1.08 bits per heavy atom. The molecule has 3 rings (SSSR count). The van der Waals surface area contributed by atoms with E-state index in [0.29, 0.717) is 12.8 Å². The van der Waals surface area contributed by atoms with Gasteiger partial charge in [0.25, 0.3) is 0 Å². The summed E-state index contributed by atoms with van der Waals surface area (Å²) in [6.07, 6.45) is 4.68. The highest BCUT2D eigenvalue weighted by molar-refractivity contribution is 5.33. The topological polar surface area (TPSA) is 20.2 Å². The maximum absolute atomic E-state index is 15.4. The molecular formula is C22H27FO. The van der Waals surface area contributed by atoms with Gasteiger partial charge < -0.3 is 5.11 Å². The molecule has 2 atom stereocenters. The van der Waals surface area contributed by atoms with Gasteiger partial charge in [-0.3, -0.25) is 0 Å². The predicted molar refractivity (Wildman–Crippen MR) is 96.9 cm³/mol. The maximum atomic E-state index is 15.4. The van der Waals surface area contributed by atoms with E-state index in [0.717, 1.165) is 36.8 Å². The highest BCUT2D eigenvalue weighted by Crippen LogP contribution is 2.43. The van der Waals surface area contributed by atoms with E-state index in [-0.39, 0.29) is 12.5 Å². The molecule has 0 aliphatic heterocycles. The molecule has 1 N–H and O–H groups in total. The van der Waals surface area contributed by atoms with Crippen LogP contribution in [-0.2, 0) is 18.5 Å². The summed E-state index contributed by atoms with van der Waals surface area (Å²) in [5.41, 5.74) is 3.25. The largest absolute Gasteiger partial charge is 0.396 e. The molecule has 0 bridgehead atoms. The van der Waals surface area contributed by atoms with Gasteiger partial charge in [0.05, 0.1) is 0 Å². The second-order valence-corrected chi connectivity index (χ2v) is 7.16. The zero-order valence-corrected chi connectivity index (χ0v) is 14.5. The van der Waals surface area contributed by atoms with Crippen LogP contribution in [0.3, 0.4) is 0 Å². The minimum atomic E-state index is -1.28. The molecule has 0 heterocycles. The number of hydrogen-bond acceptors (Lipinski definition) is 1. The fraction of sp³-hybridized carbons (Fsp3) is 0.455. The van der Waals surface area contributed by atoms with Crippen LogP contribution in [0, 0.1) is 5.92 Å². The summed E-state index contributed by atoms with van der Waals surface area (Å²) in [5, 5.41) is 9.40. The van der Waals surface area contributed by atoms with Gasteiger partial charge in [0, 0.05) is 6.61 Å². The summed E-state index contributed by atoms with van der Waals surface area (Å²) >= 11 is 0. The van der Waals surface area contributed by atoms with Gasteiger partial charge in [-0.2, -0.15) is 0 Å². The van der Waals surface area contributed by atoms with Crippen LogP contribution < -0.4 is 0 Å². The lowest BCUT2D eigenvalue weighted by Gasteiger charge is -2.34. The highest BCUT2D eigenvalue weighted by atomic mass is 19.1. The molecule has 0 saturated heterocycles. The quantitative estimate of drug-likeness (QED) is 0.802. The monoisotopic (exact) mass is 326 g/mol. The van der Waals surface area contributed by atoms with Crippen molar-refractivity contribution in [2.24, 2.45) is 5.92 Å². The minimum Gasteiger partial charge on any atom is -0.396 e. The molecule has 2 heteroatoms. The Kier molecular flexibility index (Phi) is 5.35. The van der Waals surface area contributed by atoms with Gasteiger partial charge in [-0.15, -0.1) is 0 Å². The number of aliphatic hydroxyl groups excluding tert-OH is 1. The third-order valence-electron chi connectivity index (χ3n) is 5.34. The molecule has 24 heavy (non-hydrogen) atoms. The van der Waals surface area contributed by atoms with E-state index in [2.05, 4.69) is 37.3 Å². The van der Waals surface area contributed by atoms with Gasteiger partial charge in [0.2, 0.25) is 0 Å². The Balaban J connectivity index is 1.78. The Bertz CT molecular complexity index is 664. The van der Waals surface area contributed by atoms with Crippen LogP contribution in [0.2, 0.25) is 0 Å². The van der Waals surface area contributed by atoms with E-state index in [1.807, 2.05) is 18.2 Å². The zero-order chi connectivity index (χ0) is 17.0. The molecule has 0 amide bonds. The normalized spacial score (nSPS) is 24.0. The first-order valence-corrected chi connectivity index (χ1v) is 9.10. The van der Waals surface area contributed by atoms with Crippen LogP contribution in [-0.4, -0.2) is 11.7 Å². The van der Waals surface area contributed by atoms with Crippen molar-refractivity contribution in [3.8, 4) is 0 Å². The van der Waals surface area contributed by atoms with Crippen molar-refractivity contribution < 1.29 is 9.50 Å². The van der Waals surface area contributed by atoms with Crippen LogP contribution in [0.5, 0.6) is 0 Å². The summed E-state index contributed by atoms with van der Waals surface area (Å²) in [7, 11) is 0. The van der Waals surface area contributed by atoms with Gasteiger partial charge in [-0.1, -0.05) is 55.5 Å². The fourth-order valence-corrected chi connectivity index (χ4v) is 3.84. The Labute approximate surface area is 144 Å². The van der Waals surface area contributed by atoms with Crippen molar-refractivity contribution in [1.82, 2.24) is 0 Å². The molecule has 1 nitrogen and oxygen atoms in total. The van der Waals surface area contributed by atoms with Crippen molar-refractivity contribution in [3.63, 3.8) is 0 Å². The van der Waals surface area contributed by atoms with E-state index in [1.165, 1.54) is 11.1 Å². The summed E-state index contributed by atoms with van der Waals surface area (Å²) < 4.78 is 15.4. The molecule has 2 aromatic carbocycles. The number of rotatable bonds is 5. The SMILES string of the molecule is CCc1ccc(Cc2cccc([C@@]3(F)CCC[C@@H](CO)C3)c2)cc1. The number of benzene rings is 2. The van der Waals surface area contributed by atoms with Crippen molar-refractivity contribution in [1.29, 1.82) is 0 Å². The molecule has 1 aliphatic carbocycles. The summed E-state index contributed by atoms with van der Waals surface area (Å²) in [6, 6.07) is 16.6. The number of hydrogen-bond donors (Lipinski definition) is 1. The Morgan fingerprint density at radius 3 is 2.54 bits per heavy atom. The molecule has 1 aliphatic rings. The van der Waals surface area contributed by atoms with E-state index >= 15 is 4.39 Å². The van der Waals surface area contributed by atoms with Crippen LogP contribution in [0.4, 0.5) is 4.39 Å². The molecule has 1 fully saturated rings. The second-order valence-electron chi connectivity index (χ2n) is 7.16. The molecule has 1 saturated carbocycles. The molecule has 2 aromatic rings. The number of alkyl halides is 1.